The molecule has 2 amide bonds. The molecule has 1 aliphatic rings. The van der Waals surface area contributed by atoms with E-state index in [4.69, 9.17) is 15.7 Å². The molecule has 1 unspecified atom stereocenters. The lowest BCUT2D eigenvalue weighted by atomic mass is 10.2. The molecule has 20 heavy (non-hydrogen) atoms. The number of rotatable bonds is 4. The van der Waals surface area contributed by atoms with E-state index < -0.39 is 11.9 Å². The van der Waals surface area contributed by atoms with Crippen molar-refractivity contribution in [1.29, 1.82) is 5.26 Å². The minimum Gasteiger partial charge on any atom is -0.484 e. The summed E-state index contributed by atoms with van der Waals surface area (Å²) >= 11 is 0. The van der Waals surface area contributed by atoms with Gasteiger partial charge in [0.25, 0.3) is 5.91 Å². The number of primary amides is 1. The van der Waals surface area contributed by atoms with Crippen molar-refractivity contribution in [2.45, 2.75) is 18.9 Å². The first kappa shape index (κ1) is 13.9. The van der Waals surface area contributed by atoms with Gasteiger partial charge in [0.2, 0.25) is 5.91 Å². The Morgan fingerprint density at radius 2 is 2.10 bits per heavy atom. The van der Waals surface area contributed by atoms with Crippen LogP contribution in [0.5, 0.6) is 5.75 Å². The number of nitriles is 1. The van der Waals surface area contributed by atoms with E-state index in [0.717, 1.165) is 6.42 Å². The predicted octanol–water partition coefficient (Wildman–Crippen LogP) is 0.413. The number of amides is 2. The van der Waals surface area contributed by atoms with E-state index in [1.54, 1.807) is 24.3 Å². The number of ether oxygens (including phenoxy) is 1. The third-order valence-corrected chi connectivity index (χ3v) is 3.25. The molecule has 2 rings (SSSR count). The summed E-state index contributed by atoms with van der Waals surface area (Å²) in [6.45, 7) is 0.388. The molecule has 1 aliphatic heterocycles. The fourth-order valence-electron chi connectivity index (χ4n) is 2.21. The number of hydrogen-bond acceptors (Lipinski definition) is 4. The standard InChI is InChI=1S/C14H15N3O3/c15-8-10-3-5-11(6-4-10)20-9-13(18)17-7-1-2-12(17)14(16)19/h3-6,12H,1-2,7,9H2,(H2,16,19). The maximum absolute atomic E-state index is 12.0. The predicted molar refractivity (Wildman–Crippen MR) is 70.6 cm³/mol. The molecule has 1 aromatic carbocycles. The molecule has 6 nitrogen and oxygen atoms in total. The SMILES string of the molecule is N#Cc1ccc(OCC(=O)N2CCCC2C(N)=O)cc1. The van der Waals surface area contributed by atoms with E-state index in [1.807, 2.05) is 6.07 Å². The molecule has 2 N–H and O–H groups in total. The molecule has 0 bridgehead atoms. The lowest BCUT2D eigenvalue weighted by molar-refractivity contribution is -0.138. The van der Waals surface area contributed by atoms with Crippen molar-refractivity contribution in [3.8, 4) is 11.8 Å². The Bertz CT molecular complexity index is 548. The van der Waals surface area contributed by atoms with Gasteiger partial charge in [-0.05, 0) is 37.1 Å². The number of carbonyl (C=O) groups is 2. The van der Waals surface area contributed by atoms with Crippen molar-refractivity contribution in [3.05, 3.63) is 29.8 Å². The van der Waals surface area contributed by atoms with Crippen LogP contribution < -0.4 is 10.5 Å². The number of likely N-dealkylation sites (tertiary alicyclic amines) is 1. The highest BCUT2D eigenvalue weighted by molar-refractivity contribution is 5.87. The van der Waals surface area contributed by atoms with Gasteiger partial charge in [0.1, 0.15) is 11.8 Å². The summed E-state index contributed by atoms with van der Waals surface area (Å²) in [5.41, 5.74) is 5.79. The normalized spacial score (nSPS) is 17.6. The van der Waals surface area contributed by atoms with E-state index in [2.05, 4.69) is 0 Å². The second-order valence-corrected chi connectivity index (χ2v) is 4.57. The van der Waals surface area contributed by atoms with Gasteiger partial charge in [-0.15, -0.1) is 0 Å². The van der Waals surface area contributed by atoms with Gasteiger partial charge in [0.05, 0.1) is 11.6 Å². The molecular formula is C14H15N3O3. The Kier molecular flexibility index (Phi) is 4.20. The number of benzene rings is 1. The Labute approximate surface area is 116 Å². The molecule has 104 valence electrons. The first-order valence-electron chi connectivity index (χ1n) is 6.33. The molecule has 1 saturated heterocycles. The van der Waals surface area contributed by atoms with Gasteiger partial charge in [-0.3, -0.25) is 9.59 Å². The molecule has 1 aromatic rings. The molecular weight excluding hydrogens is 258 g/mol. The molecule has 1 atom stereocenters. The van der Waals surface area contributed by atoms with Crippen molar-refractivity contribution < 1.29 is 14.3 Å². The minimum atomic E-state index is -0.521. The second-order valence-electron chi connectivity index (χ2n) is 4.57. The van der Waals surface area contributed by atoms with E-state index in [0.29, 0.717) is 24.3 Å². The fourth-order valence-corrected chi connectivity index (χ4v) is 2.21. The molecule has 6 heteroatoms. The van der Waals surface area contributed by atoms with Gasteiger partial charge in [-0.1, -0.05) is 0 Å². The van der Waals surface area contributed by atoms with Gasteiger partial charge >= 0.3 is 0 Å². The van der Waals surface area contributed by atoms with Gasteiger partial charge in [-0.2, -0.15) is 5.26 Å². The number of nitrogens with zero attached hydrogens (tertiary/aromatic N) is 2. The van der Waals surface area contributed by atoms with Crippen LogP contribution in [0.4, 0.5) is 0 Å². The second kappa shape index (κ2) is 6.06. The summed E-state index contributed by atoms with van der Waals surface area (Å²) in [7, 11) is 0. The molecule has 0 aromatic heterocycles. The van der Waals surface area contributed by atoms with E-state index in [9.17, 15) is 9.59 Å². The maximum atomic E-state index is 12.0. The van der Waals surface area contributed by atoms with Crippen LogP contribution >= 0.6 is 0 Å². The number of nitrogens with two attached hydrogens (primary N) is 1. The average Bonchev–Trinajstić information content (AvgIpc) is 2.95. The topological polar surface area (TPSA) is 96.4 Å². The van der Waals surface area contributed by atoms with Crippen LogP contribution in [0.1, 0.15) is 18.4 Å². The summed E-state index contributed by atoms with van der Waals surface area (Å²) in [6, 6.07) is 7.96. The Balaban J connectivity index is 1.91. The summed E-state index contributed by atoms with van der Waals surface area (Å²) in [5.74, 6) is -0.225. The van der Waals surface area contributed by atoms with Crippen LogP contribution in [-0.4, -0.2) is 35.9 Å². The highest BCUT2D eigenvalue weighted by Crippen LogP contribution is 2.18. The zero-order valence-corrected chi connectivity index (χ0v) is 10.9. The van der Waals surface area contributed by atoms with E-state index in [1.165, 1.54) is 4.90 Å². The fraction of sp³-hybridized carbons (Fsp3) is 0.357. The third kappa shape index (κ3) is 3.06. The molecule has 1 fully saturated rings. The highest BCUT2D eigenvalue weighted by Gasteiger charge is 2.32. The number of hydrogen-bond donors (Lipinski definition) is 1. The summed E-state index contributed by atoms with van der Waals surface area (Å²) in [5, 5.41) is 8.68. The number of carbonyl (C=O) groups excluding carboxylic acids is 2. The largest absolute Gasteiger partial charge is 0.484 e. The van der Waals surface area contributed by atoms with Crippen LogP contribution in [0.2, 0.25) is 0 Å². The minimum absolute atomic E-state index is 0.143. The van der Waals surface area contributed by atoms with E-state index in [-0.39, 0.29) is 12.5 Å². The first-order valence-corrected chi connectivity index (χ1v) is 6.33. The van der Waals surface area contributed by atoms with Crippen LogP contribution in [0, 0.1) is 11.3 Å². The average molecular weight is 273 g/mol. The van der Waals surface area contributed by atoms with Crippen LogP contribution in [0.25, 0.3) is 0 Å². The zero-order valence-electron chi connectivity index (χ0n) is 10.9. The highest BCUT2D eigenvalue weighted by atomic mass is 16.5. The van der Waals surface area contributed by atoms with Crippen LogP contribution in [-0.2, 0) is 9.59 Å². The monoisotopic (exact) mass is 273 g/mol. The zero-order chi connectivity index (χ0) is 14.5. The van der Waals surface area contributed by atoms with Gasteiger partial charge in [-0.25, -0.2) is 0 Å². The Morgan fingerprint density at radius 3 is 2.70 bits per heavy atom. The molecule has 0 radical (unpaired) electrons. The summed E-state index contributed by atoms with van der Waals surface area (Å²) in [6.07, 6.45) is 1.38. The maximum Gasteiger partial charge on any atom is 0.261 e. The van der Waals surface area contributed by atoms with Crippen molar-refractivity contribution in [1.82, 2.24) is 4.90 Å². The van der Waals surface area contributed by atoms with Crippen molar-refractivity contribution in [3.63, 3.8) is 0 Å². The lowest BCUT2D eigenvalue weighted by Gasteiger charge is -2.22. The summed E-state index contributed by atoms with van der Waals surface area (Å²) < 4.78 is 5.36. The van der Waals surface area contributed by atoms with Crippen molar-refractivity contribution >= 4 is 11.8 Å². The van der Waals surface area contributed by atoms with Crippen LogP contribution in [0.15, 0.2) is 24.3 Å². The third-order valence-electron chi connectivity index (χ3n) is 3.25. The van der Waals surface area contributed by atoms with Crippen molar-refractivity contribution in [2.75, 3.05) is 13.2 Å². The molecule has 0 aliphatic carbocycles. The van der Waals surface area contributed by atoms with Gasteiger partial charge in [0.15, 0.2) is 6.61 Å². The molecule has 1 heterocycles. The Morgan fingerprint density at radius 1 is 1.40 bits per heavy atom. The van der Waals surface area contributed by atoms with Crippen LogP contribution in [0.3, 0.4) is 0 Å². The van der Waals surface area contributed by atoms with Crippen molar-refractivity contribution in [2.24, 2.45) is 5.73 Å². The lowest BCUT2D eigenvalue weighted by Crippen LogP contribution is -2.45. The summed E-state index contributed by atoms with van der Waals surface area (Å²) in [4.78, 5) is 24.7. The molecule has 0 spiro atoms. The van der Waals surface area contributed by atoms with E-state index >= 15 is 0 Å². The van der Waals surface area contributed by atoms with Gasteiger partial charge in [0, 0.05) is 6.54 Å². The first-order chi connectivity index (χ1) is 9.61. The molecule has 0 saturated carbocycles. The smallest absolute Gasteiger partial charge is 0.261 e. The quantitative estimate of drug-likeness (QED) is 0.859. The van der Waals surface area contributed by atoms with Gasteiger partial charge < -0.3 is 15.4 Å². The Hall–Kier alpha value is -2.55.